The van der Waals surface area contributed by atoms with Crippen molar-refractivity contribution in [2.24, 2.45) is 0 Å². The summed E-state index contributed by atoms with van der Waals surface area (Å²) in [6, 6.07) is 0. The van der Waals surface area contributed by atoms with Crippen molar-refractivity contribution in [3.8, 4) is 0 Å². The van der Waals surface area contributed by atoms with Crippen molar-refractivity contribution in [2.45, 2.75) is 12.8 Å². The van der Waals surface area contributed by atoms with Gasteiger partial charge in [-0.05, 0) is 17.3 Å². The van der Waals surface area contributed by atoms with Crippen LogP contribution < -0.4 is 0 Å². The number of hydrogen-bond acceptors (Lipinski definition) is 0. The average molecular weight is 177 g/mol. The van der Waals surface area contributed by atoms with Gasteiger partial charge in [0.2, 0.25) is 0 Å². The molecule has 0 atom stereocenters. The lowest BCUT2D eigenvalue weighted by Gasteiger charge is -2.23. The molecule has 0 heterocycles. The van der Waals surface area contributed by atoms with Gasteiger partial charge in [-0.3, -0.25) is 0 Å². The molecule has 0 rings (SSSR count). The van der Waals surface area contributed by atoms with E-state index in [2.05, 4.69) is 33.7 Å². The van der Waals surface area contributed by atoms with Crippen LogP contribution in [-0.2, 0) is 10.9 Å². The number of quaternary nitrogens is 1. The van der Waals surface area contributed by atoms with Crippen molar-refractivity contribution in [1.82, 2.24) is 0 Å². The number of rotatable bonds is 5. The van der Waals surface area contributed by atoms with E-state index in [0.29, 0.717) is 10.9 Å². The second-order valence-corrected chi connectivity index (χ2v) is 6.79. The molecular formula is C9H23NS+2. The minimum absolute atomic E-state index is 0.649. The van der Waals surface area contributed by atoms with E-state index < -0.39 is 0 Å². The molecule has 0 spiro atoms. The second kappa shape index (κ2) is 5.04. The van der Waals surface area contributed by atoms with Crippen molar-refractivity contribution in [3.63, 3.8) is 0 Å². The van der Waals surface area contributed by atoms with Gasteiger partial charge in [0.15, 0.2) is 0 Å². The molecule has 0 aromatic carbocycles. The van der Waals surface area contributed by atoms with Crippen molar-refractivity contribution in [2.75, 3.05) is 46.0 Å². The lowest BCUT2D eigenvalue weighted by molar-refractivity contribution is -0.870. The molecule has 0 unspecified atom stereocenters. The standard InChI is InChI=1S/C9H23NS/c1-10(2,3)8-6-7-9-11(4)5/h6-9H2,1-5H3/q+2. The molecule has 0 saturated carbocycles. The monoisotopic (exact) mass is 177 g/mol. The molecule has 0 aromatic rings. The van der Waals surface area contributed by atoms with Gasteiger partial charge >= 0.3 is 0 Å². The van der Waals surface area contributed by atoms with E-state index >= 15 is 0 Å². The fourth-order valence-electron chi connectivity index (χ4n) is 0.977. The molecule has 11 heavy (non-hydrogen) atoms. The molecule has 0 bridgehead atoms. The maximum absolute atomic E-state index is 2.33. The largest absolute Gasteiger partial charge is 0.331 e. The summed E-state index contributed by atoms with van der Waals surface area (Å²) in [5, 5.41) is 0. The lowest BCUT2D eigenvalue weighted by atomic mass is 10.3. The third-order valence-corrected chi connectivity index (χ3v) is 2.74. The molecule has 68 valence electrons. The van der Waals surface area contributed by atoms with Crippen LogP contribution in [0, 0.1) is 0 Å². The summed E-state index contributed by atoms with van der Waals surface area (Å²) in [6.07, 6.45) is 7.44. The fourth-order valence-corrected chi connectivity index (χ4v) is 1.76. The molecule has 0 amide bonds. The molecule has 0 saturated heterocycles. The number of nitrogens with zero attached hydrogens (tertiary/aromatic N) is 1. The van der Waals surface area contributed by atoms with Crippen LogP contribution in [0.5, 0.6) is 0 Å². The van der Waals surface area contributed by atoms with Crippen LogP contribution in [-0.4, -0.2) is 50.4 Å². The highest BCUT2D eigenvalue weighted by Crippen LogP contribution is 1.99. The van der Waals surface area contributed by atoms with Gasteiger partial charge < -0.3 is 4.48 Å². The summed E-state index contributed by atoms with van der Waals surface area (Å²) in [4.78, 5) is 0. The summed E-state index contributed by atoms with van der Waals surface area (Å²) in [5.41, 5.74) is 0. The third kappa shape index (κ3) is 10.3. The van der Waals surface area contributed by atoms with Crippen molar-refractivity contribution >= 4 is 10.9 Å². The first kappa shape index (κ1) is 11.3. The summed E-state index contributed by atoms with van der Waals surface area (Å²) in [6.45, 7) is 1.32. The van der Waals surface area contributed by atoms with Crippen LogP contribution >= 0.6 is 0 Å². The predicted molar refractivity (Wildman–Crippen MR) is 56.2 cm³/mol. The molecule has 0 aliphatic heterocycles. The van der Waals surface area contributed by atoms with Crippen LogP contribution in [0.2, 0.25) is 0 Å². The Kier molecular flexibility index (Phi) is 5.19. The fraction of sp³-hybridized carbons (Fsp3) is 1.00. The Morgan fingerprint density at radius 3 is 1.91 bits per heavy atom. The van der Waals surface area contributed by atoms with E-state index in [-0.39, 0.29) is 0 Å². The normalized spacial score (nSPS) is 12.5. The van der Waals surface area contributed by atoms with Gasteiger partial charge in [-0.25, -0.2) is 0 Å². The van der Waals surface area contributed by atoms with Gasteiger partial charge in [-0.15, -0.1) is 0 Å². The predicted octanol–water partition coefficient (Wildman–Crippen LogP) is 1.35. The van der Waals surface area contributed by atoms with Crippen LogP contribution in [0.25, 0.3) is 0 Å². The highest BCUT2D eigenvalue weighted by Gasteiger charge is 2.07. The van der Waals surface area contributed by atoms with Crippen LogP contribution in [0.3, 0.4) is 0 Å². The lowest BCUT2D eigenvalue weighted by Crippen LogP contribution is -2.35. The minimum atomic E-state index is 0.649. The Labute approximate surface area is 74.7 Å². The first-order chi connectivity index (χ1) is 4.92. The SMILES string of the molecule is C[S+](C)CCCC[N+](C)(C)C. The molecule has 2 heteroatoms. The Morgan fingerprint density at radius 1 is 1.00 bits per heavy atom. The maximum atomic E-state index is 2.33. The zero-order chi connectivity index (χ0) is 8.91. The highest BCUT2D eigenvalue weighted by atomic mass is 32.2. The number of unbranched alkanes of at least 4 members (excludes halogenated alkanes) is 1. The molecule has 0 aliphatic carbocycles. The third-order valence-electron chi connectivity index (χ3n) is 1.63. The van der Waals surface area contributed by atoms with Crippen LogP contribution in [0.1, 0.15) is 12.8 Å². The summed E-state index contributed by atoms with van der Waals surface area (Å²) in [5.74, 6) is 1.42. The Morgan fingerprint density at radius 2 is 1.55 bits per heavy atom. The van der Waals surface area contributed by atoms with Gasteiger partial charge in [0, 0.05) is 6.42 Å². The second-order valence-electron chi connectivity index (χ2n) is 4.41. The first-order valence-electron chi connectivity index (χ1n) is 4.26. The molecule has 0 aliphatic rings. The molecule has 1 nitrogen and oxygen atoms in total. The summed E-state index contributed by atoms with van der Waals surface area (Å²) < 4.78 is 1.11. The van der Waals surface area contributed by atoms with E-state index in [9.17, 15) is 0 Å². The van der Waals surface area contributed by atoms with Crippen molar-refractivity contribution in [1.29, 1.82) is 0 Å². The van der Waals surface area contributed by atoms with Crippen molar-refractivity contribution < 1.29 is 4.48 Å². The quantitative estimate of drug-likeness (QED) is 0.338. The summed E-state index contributed by atoms with van der Waals surface area (Å²) in [7, 11) is 7.43. The maximum Gasteiger partial charge on any atom is 0.107 e. The van der Waals surface area contributed by atoms with Crippen LogP contribution in [0.15, 0.2) is 0 Å². The van der Waals surface area contributed by atoms with E-state index in [0.717, 1.165) is 4.48 Å². The average Bonchev–Trinajstić information content (AvgIpc) is 1.78. The highest BCUT2D eigenvalue weighted by molar-refractivity contribution is 7.95. The van der Waals surface area contributed by atoms with E-state index in [4.69, 9.17) is 0 Å². The smallest absolute Gasteiger partial charge is 0.107 e. The molecule has 0 N–H and O–H groups in total. The van der Waals surface area contributed by atoms with E-state index in [1.54, 1.807) is 0 Å². The zero-order valence-electron chi connectivity index (χ0n) is 8.68. The van der Waals surface area contributed by atoms with Gasteiger partial charge in [-0.1, -0.05) is 0 Å². The van der Waals surface area contributed by atoms with E-state index in [1.807, 2.05) is 0 Å². The zero-order valence-corrected chi connectivity index (χ0v) is 9.50. The van der Waals surface area contributed by atoms with Gasteiger partial charge in [0.05, 0.1) is 40.2 Å². The van der Waals surface area contributed by atoms with E-state index in [1.165, 1.54) is 25.1 Å². The molecule has 0 fully saturated rings. The molecule has 0 aromatic heterocycles. The van der Waals surface area contributed by atoms with Gasteiger partial charge in [-0.2, -0.15) is 0 Å². The van der Waals surface area contributed by atoms with Crippen LogP contribution in [0.4, 0.5) is 0 Å². The molecular weight excluding hydrogens is 154 g/mol. The number of hydrogen-bond donors (Lipinski definition) is 0. The Hall–Kier alpha value is 0.310. The van der Waals surface area contributed by atoms with Gasteiger partial charge in [0.1, 0.15) is 5.75 Å². The van der Waals surface area contributed by atoms with Gasteiger partial charge in [0.25, 0.3) is 0 Å². The molecule has 0 radical (unpaired) electrons. The first-order valence-corrected chi connectivity index (χ1v) is 6.47. The Balaban J connectivity index is 3.15. The van der Waals surface area contributed by atoms with Crippen molar-refractivity contribution in [3.05, 3.63) is 0 Å². The Bertz CT molecular complexity index is 94.2. The topological polar surface area (TPSA) is 0 Å². The minimum Gasteiger partial charge on any atom is -0.331 e. The summed E-state index contributed by atoms with van der Waals surface area (Å²) >= 11 is 0.